The molecular weight excluding hydrogens is 382 g/mol. The van der Waals surface area contributed by atoms with Crippen LogP contribution in [0.15, 0.2) is 47.4 Å². The number of carbonyl (C=O) groups is 1. The summed E-state index contributed by atoms with van der Waals surface area (Å²) in [6.45, 7) is 1.37. The van der Waals surface area contributed by atoms with E-state index in [0.717, 1.165) is 33.7 Å². The molecule has 0 unspecified atom stereocenters. The second kappa shape index (κ2) is 8.05. The van der Waals surface area contributed by atoms with E-state index in [1.54, 1.807) is 12.1 Å². The van der Waals surface area contributed by atoms with Gasteiger partial charge in [-0.15, -0.1) is 11.8 Å². The highest BCUT2D eigenvalue weighted by Crippen LogP contribution is 2.27. The molecule has 0 spiro atoms. The summed E-state index contributed by atoms with van der Waals surface area (Å²) in [5.41, 5.74) is 0.405. The van der Waals surface area contributed by atoms with Gasteiger partial charge in [0.1, 0.15) is 6.04 Å². The van der Waals surface area contributed by atoms with Crippen molar-refractivity contribution >= 4 is 39.1 Å². The molecule has 26 heavy (non-hydrogen) atoms. The van der Waals surface area contributed by atoms with Crippen LogP contribution in [-0.4, -0.2) is 32.9 Å². The summed E-state index contributed by atoms with van der Waals surface area (Å²) in [6, 6.07) is 8.56. The molecule has 0 saturated carbocycles. The van der Waals surface area contributed by atoms with E-state index in [1.807, 2.05) is 18.4 Å². The van der Waals surface area contributed by atoms with Crippen LogP contribution in [0.2, 0.25) is 0 Å². The normalized spacial score (nSPS) is 12.5. The molecule has 0 heterocycles. The molecule has 0 bridgehead atoms. The molecule has 140 valence electrons. The third-order valence-electron chi connectivity index (χ3n) is 3.61. The third-order valence-corrected chi connectivity index (χ3v) is 5.65. The van der Waals surface area contributed by atoms with Crippen molar-refractivity contribution in [3.05, 3.63) is 54.1 Å². The number of thioether (sulfide) groups is 1. The molecular formula is C17H18F2N2O3S2. The number of anilines is 2. The van der Waals surface area contributed by atoms with Crippen molar-refractivity contribution in [3.63, 3.8) is 0 Å². The van der Waals surface area contributed by atoms with E-state index >= 15 is 0 Å². The fraction of sp³-hybridized carbons (Fsp3) is 0.235. The highest BCUT2D eigenvalue weighted by molar-refractivity contribution is 7.98. The summed E-state index contributed by atoms with van der Waals surface area (Å²) >= 11 is 1.43. The smallest absolute Gasteiger partial charge is 0.248 e. The van der Waals surface area contributed by atoms with Crippen LogP contribution in [0.3, 0.4) is 0 Å². The summed E-state index contributed by atoms with van der Waals surface area (Å²) in [4.78, 5) is 13.4. The number of carbonyl (C=O) groups excluding carboxylic acids is 1. The lowest BCUT2D eigenvalue weighted by molar-refractivity contribution is -0.116. The average Bonchev–Trinajstić information content (AvgIpc) is 2.57. The van der Waals surface area contributed by atoms with Gasteiger partial charge >= 0.3 is 0 Å². The Balaban J connectivity index is 2.36. The van der Waals surface area contributed by atoms with Crippen LogP contribution in [-0.2, 0) is 14.8 Å². The summed E-state index contributed by atoms with van der Waals surface area (Å²) in [7, 11) is -3.92. The molecule has 1 atom stereocenters. The highest BCUT2D eigenvalue weighted by atomic mass is 32.2. The van der Waals surface area contributed by atoms with Crippen molar-refractivity contribution < 1.29 is 22.0 Å². The first-order valence-electron chi connectivity index (χ1n) is 7.53. The lowest BCUT2D eigenvalue weighted by atomic mass is 10.2. The molecule has 1 N–H and O–H groups in total. The average molecular weight is 400 g/mol. The van der Waals surface area contributed by atoms with Crippen molar-refractivity contribution in [2.24, 2.45) is 0 Å². The minimum atomic E-state index is -3.92. The van der Waals surface area contributed by atoms with Gasteiger partial charge in [0, 0.05) is 11.0 Å². The molecule has 9 heteroatoms. The molecule has 1 amide bonds. The number of halogens is 2. The Hall–Kier alpha value is -2.13. The van der Waals surface area contributed by atoms with Gasteiger partial charge in [-0.1, -0.05) is 12.1 Å². The minimum absolute atomic E-state index is 0.132. The summed E-state index contributed by atoms with van der Waals surface area (Å²) in [6.07, 6.45) is 2.74. The van der Waals surface area contributed by atoms with E-state index in [1.165, 1.54) is 18.7 Å². The zero-order chi connectivity index (χ0) is 19.5. The van der Waals surface area contributed by atoms with Crippen LogP contribution < -0.4 is 9.62 Å². The lowest BCUT2D eigenvalue weighted by Gasteiger charge is -2.28. The van der Waals surface area contributed by atoms with E-state index in [4.69, 9.17) is 0 Å². The summed E-state index contributed by atoms with van der Waals surface area (Å²) in [5.74, 6) is -2.90. The van der Waals surface area contributed by atoms with Crippen LogP contribution in [0.1, 0.15) is 6.92 Å². The number of benzene rings is 2. The van der Waals surface area contributed by atoms with E-state index in [2.05, 4.69) is 5.32 Å². The standard InChI is InChI=1S/C17H18F2N2O3S2/c1-11(17(22)20-15-6-4-5-7-16(15)25-2)21(26(3,23)24)12-8-9-13(18)14(19)10-12/h4-11H,1-3H3,(H,20,22)/t11-/m0/s1. The first-order valence-corrected chi connectivity index (χ1v) is 10.6. The number of hydrogen-bond donors (Lipinski definition) is 1. The highest BCUT2D eigenvalue weighted by Gasteiger charge is 2.30. The second-order valence-corrected chi connectivity index (χ2v) is 8.23. The third kappa shape index (κ3) is 4.53. The van der Waals surface area contributed by atoms with Crippen LogP contribution >= 0.6 is 11.8 Å². The second-order valence-electron chi connectivity index (χ2n) is 5.52. The quantitative estimate of drug-likeness (QED) is 0.754. The molecule has 0 saturated heterocycles. The summed E-state index contributed by atoms with van der Waals surface area (Å²) in [5, 5.41) is 2.68. The van der Waals surface area contributed by atoms with Gasteiger partial charge in [-0.3, -0.25) is 9.10 Å². The van der Waals surface area contributed by atoms with Crippen molar-refractivity contribution in [3.8, 4) is 0 Å². The number of hydrogen-bond acceptors (Lipinski definition) is 4. The van der Waals surface area contributed by atoms with Crippen molar-refractivity contribution in [2.75, 3.05) is 22.1 Å². The first-order chi connectivity index (χ1) is 12.1. The fourth-order valence-corrected chi connectivity index (χ4v) is 4.14. The predicted octanol–water partition coefficient (Wildman–Crippen LogP) is 3.48. The van der Waals surface area contributed by atoms with Gasteiger partial charge < -0.3 is 5.32 Å². The predicted molar refractivity (Wildman–Crippen MR) is 100.0 cm³/mol. The number of amides is 1. The molecule has 0 radical (unpaired) electrons. The molecule has 0 aliphatic carbocycles. The first kappa shape index (κ1) is 20.2. The Morgan fingerprint density at radius 1 is 1.15 bits per heavy atom. The Bertz CT molecular complexity index is 920. The van der Waals surface area contributed by atoms with E-state index in [-0.39, 0.29) is 5.69 Å². The molecule has 0 fully saturated rings. The zero-order valence-corrected chi connectivity index (χ0v) is 16.0. The van der Waals surface area contributed by atoms with Crippen LogP contribution in [0.4, 0.5) is 20.2 Å². The Morgan fingerprint density at radius 2 is 1.81 bits per heavy atom. The van der Waals surface area contributed by atoms with Gasteiger partial charge in [-0.25, -0.2) is 17.2 Å². The topological polar surface area (TPSA) is 66.5 Å². The van der Waals surface area contributed by atoms with Gasteiger partial charge in [-0.2, -0.15) is 0 Å². The van der Waals surface area contributed by atoms with Crippen LogP contribution in [0.5, 0.6) is 0 Å². The summed E-state index contributed by atoms with van der Waals surface area (Å²) < 4.78 is 51.8. The number of nitrogens with one attached hydrogen (secondary N) is 1. The molecule has 5 nitrogen and oxygen atoms in total. The maximum Gasteiger partial charge on any atom is 0.248 e. The van der Waals surface area contributed by atoms with Gasteiger partial charge in [-0.05, 0) is 37.4 Å². The monoisotopic (exact) mass is 400 g/mol. The fourth-order valence-electron chi connectivity index (χ4n) is 2.42. The van der Waals surface area contributed by atoms with Crippen LogP contribution in [0, 0.1) is 11.6 Å². The Kier molecular flexibility index (Phi) is 6.25. The van der Waals surface area contributed by atoms with Gasteiger partial charge in [0.25, 0.3) is 0 Å². The maximum atomic E-state index is 13.5. The van der Waals surface area contributed by atoms with E-state index in [9.17, 15) is 22.0 Å². The number of para-hydroxylation sites is 1. The van der Waals surface area contributed by atoms with Crippen molar-refractivity contribution in [1.29, 1.82) is 0 Å². The van der Waals surface area contributed by atoms with E-state index in [0.29, 0.717) is 5.69 Å². The van der Waals surface area contributed by atoms with Crippen molar-refractivity contribution in [1.82, 2.24) is 0 Å². The van der Waals surface area contributed by atoms with Gasteiger partial charge in [0.2, 0.25) is 15.9 Å². The molecule has 0 aliphatic heterocycles. The largest absolute Gasteiger partial charge is 0.323 e. The Morgan fingerprint density at radius 3 is 2.38 bits per heavy atom. The molecule has 2 rings (SSSR count). The number of nitrogens with zero attached hydrogens (tertiary/aromatic N) is 1. The Labute approximate surface area is 155 Å². The minimum Gasteiger partial charge on any atom is -0.323 e. The molecule has 2 aromatic rings. The SMILES string of the molecule is CSc1ccccc1NC(=O)[C@H](C)N(c1ccc(F)c(F)c1)S(C)(=O)=O. The van der Waals surface area contributed by atoms with Crippen LogP contribution in [0.25, 0.3) is 0 Å². The number of sulfonamides is 1. The molecule has 0 aliphatic rings. The molecule has 2 aromatic carbocycles. The maximum absolute atomic E-state index is 13.5. The van der Waals surface area contributed by atoms with E-state index < -0.39 is 33.6 Å². The molecule has 0 aromatic heterocycles. The van der Waals surface area contributed by atoms with Crippen molar-refractivity contribution in [2.45, 2.75) is 17.9 Å². The van der Waals surface area contributed by atoms with Gasteiger partial charge in [0.15, 0.2) is 11.6 Å². The zero-order valence-electron chi connectivity index (χ0n) is 14.4. The lowest BCUT2D eigenvalue weighted by Crippen LogP contribution is -2.45. The van der Waals surface area contributed by atoms with Gasteiger partial charge in [0.05, 0.1) is 17.6 Å². The number of rotatable bonds is 6.